The molecular formula is C20H10N2O. The third kappa shape index (κ3) is 1.55. The Balaban J connectivity index is 2.18. The van der Waals surface area contributed by atoms with Gasteiger partial charge < -0.3 is 4.42 Å². The van der Waals surface area contributed by atoms with Gasteiger partial charge in [-0.05, 0) is 24.3 Å². The molecule has 3 nitrogen and oxygen atoms in total. The van der Waals surface area contributed by atoms with E-state index in [1.165, 1.54) is 0 Å². The summed E-state index contributed by atoms with van der Waals surface area (Å²) in [6.45, 7) is 0. The summed E-state index contributed by atoms with van der Waals surface area (Å²) in [4.78, 5) is 4.58. The number of hydrogen-bond donors (Lipinski definition) is 0. The summed E-state index contributed by atoms with van der Waals surface area (Å²) in [5, 5.41) is 14.4. The van der Waals surface area contributed by atoms with Gasteiger partial charge in [0.1, 0.15) is 11.2 Å². The van der Waals surface area contributed by atoms with Crippen molar-refractivity contribution in [3.63, 3.8) is 0 Å². The Hall–Kier alpha value is -3.38. The lowest BCUT2D eigenvalue weighted by Crippen LogP contribution is -1.83. The molecule has 0 saturated carbocycles. The van der Waals surface area contributed by atoms with E-state index in [0.717, 1.165) is 43.6 Å². The number of rotatable bonds is 0. The van der Waals surface area contributed by atoms with Gasteiger partial charge in [-0.2, -0.15) is 5.26 Å². The van der Waals surface area contributed by atoms with Gasteiger partial charge in [0.25, 0.3) is 0 Å². The zero-order valence-corrected chi connectivity index (χ0v) is 12.1. The maximum absolute atomic E-state index is 9.20. The van der Waals surface area contributed by atoms with E-state index in [4.69, 9.17) is 4.42 Å². The number of fused-ring (bicyclic) bond motifs is 8. The first kappa shape index (κ1) is 12.2. The molecule has 3 aromatic carbocycles. The van der Waals surface area contributed by atoms with Crippen LogP contribution in [0.15, 0.2) is 65.2 Å². The summed E-state index contributed by atoms with van der Waals surface area (Å²) in [5.74, 6) is 0. The van der Waals surface area contributed by atoms with Gasteiger partial charge in [-0.3, -0.25) is 4.98 Å². The minimum atomic E-state index is 0.630. The smallest absolute Gasteiger partial charge is 0.144 e. The highest BCUT2D eigenvalue weighted by molar-refractivity contribution is 6.29. The van der Waals surface area contributed by atoms with Gasteiger partial charge in [0.15, 0.2) is 0 Å². The number of furan rings is 1. The molecule has 0 atom stereocenters. The molecule has 0 saturated heterocycles. The third-order valence-electron chi connectivity index (χ3n) is 4.32. The monoisotopic (exact) mass is 294 g/mol. The molecule has 3 heteroatoms. The van der Waals surface area contributed by atoms with E-state index in [2.05, 4.69) is 29.3 Å². The highest BCUT2D eigenvalue weighted by Gasteiger charge is 2.16. The van der Waals surface area contributed by atoms with Crippen LogP contribution in [0.3, 0.4) is 0 Å². The molecular weight excluding hydrogens is 284 g/mol. The van der Waals surface area contributed by atoms with Crippen LogP contribution < -0.4 is 0 Å². The molecule has 2 heterocycles. The molecule has 0 fully saturated rings. The molecule has 2 aromatic heterocycles. The fraction of sp³-hybridized carbons (Fsp3) is 0. The molecule has 0 bridgehead atoms. The maximum atomic E-state index is 9.20. The van der Waals surface area contributed by atoms with Gasteiger partial charge in [-0.1, -0.05) is 30.3 Å². The van der Waals surface area contributed by atoms with E-state index in [1.54, 1.807) is 6.07 Å². The molecule has 0 N–H and O–H groups in total. The van der Waals surface area contributed by atoms with Crippen LogP contribution in [0.2, 0.25) is 0 Å². The van der Waals surface area contributed by atoms with Crippen molar-refractivity contribution in [3.05, 3.63) is 66.4 Å². The van der Waals surface area contributed by atoms with E-state index in [-0.39, 0.29) is 0 Å². The van der Waals surface area contributed by atoms with Crippen molar-refractivity contribution >= 4 is 43.6 Å². The number of nitrogens with zero attached hydrogens (tertiary/aromatic N) is 2. The van der Waals surface area contributed by atoms with E-state index in [1.807, 2.05) is 36.5 Å². The lowest BCUT2D eigenvalue weighted by molar-refractivity contribution is 0.673. The fourth-order valence-corrected chi connectivity index (χ4v) is 3.33. The van der Waals surface area contributed by atoms with Crippen LogP contribution in [0.4, 0.5) is 0 Å². The zero-order chi connectivity index (χ0) is 15.4. The average Bonchev–Trinajstić information content (AvgIpc) is 3.01. The number of nitriles is 1. The molecule has 23 heavy (non-hydrogen) atoms. The van der Waals surface area contributed by atoms with Crippen molar-refractivity contribution in [1.29, 1.82) is 5.26 Å². The van der Waals surface area contributed by atoms with Crippen LogP contribution in [0.25, 0.3) is 43.6 Å². The zero-order valence-electron chi connectivity index (χ0n) is 12.1. The standard InChI is InChI=1S/C20H10N2O/c21-11-12-7-8-17-16(10-12)18-15-6-3-9-22-19(15)13-4-1-2-5-14(13)20(18)23-17/h1-10H. The van der Waals surface area contributed by atoms with Gasteiger partial charge in [0.2, 0.25) is 0 Å². The molecule has 0 spiro atoms. The Morgan fingerprint density at radius 2 is 1.70 bits per heavy atom. The van der Waals surface area contributed by atoms with Crippen molar-refractivity contribution in [2.24, 2.45) is 0 Å². The Kier molecular flexibility index (Phi) is 2.29. The highest BCUT2D eigenvalue weighted by atomic mass is 16.3. The first-order valence-corrected chi connectivity index (χ1v) is 7.38. The SMILES string of the molecule is N#Cc1ccc2oc3c4ccccc4c4ncccc4c3c2c1. The Morgan fingerprint density at radius 1 is 0.870 bits per heavy atom. The first-order chi connectivity index (χ1) is 11.4. The topological polar surface area (TPSA) is 49.8 Å². The first-order valence-electron chi connectivity index (χ1n) is 7.38. The Morgan fingerprint density at radius 3 is 2.57 bits per heavy atom. The summed E-state index contributed by atoms with van der Waals surface area (Å²) < 4.78 is 6.14. The third-order valence-corrected chi connectivity index (χ3v) is 4.32. The van der Waals surface area contributed by atoms with Crippen LogP contribution in [0.1, 0.15) is 5.56 Å². The van der Waals surface area contributed by atoms with Crippen LogP contribution in [0.5, 0.6) is 0 Å². The maximum Gasteiger partial charge on any atom is 0.144 e. The van der Waals surface area contributed by atoms with Crippen molar-refractivity contribution in [3.8, 4) is 6.07 Å². The number of hydrogen-bond acceptors (Lipinski definition) is 3. The van der Waals surface area contributed by atoms with Crippen LogP contribution in [-0.2, 0) is 0 Å². The summed E-state index contributed by atoms with van der Waals surface area (Å²) in [5.41, 5.74) is 3.23. The van der Waals surface area contributed by atoms with Gasteiger partial charge in [0, 0.05) is 33.1 Å². The summed E-state index contributed by atoms with van der Waals surface area (Å²) >= 11 is 0. The van der Waals surface area contributed by atoms with Gasteiger partial charge in [-0.25, -0.2) is 0 Å². The molecule has 5 rings (SSSR count). The molecule has 5 aromatic rings. The second-order valence-corrected chi connectivity index (χ2v) is 5.57. The largest absolute Gasteiger partial charge is 0.455 e. The molecule has 0 aliphatic carbocycles. The van der Waals surface area contributed by atoms with E-state index in [9.17, 15) is 5.26 Å². The predicted octanol–water partition coefficient (Wildman–Crippen LogP) is 5.16. The lowest BCUT2D eigenvalue weighted by atomic mass is 10.00. The van der Waals surface area contributed by atoms with E-state index in [0.29, 0.717) is 5.56 Å². The van der Waals surface area contributed by atoms with Crippen LogP contribution in [0, 0.1) is 11.3 Å². The predicted molar refractivity (Wildman–Crippen MR) is 91.2 cm³/mol. The van der Waals surface area contributed by atoms with Crippen molar-refractivity contribution in [2.45, 2.75) is 0 Å². The molecule has 0 aliphatic heterocycles. The van der Waals surface area contributed by atoms with Gasteiger partial charge in [0.05, 0.1) is 17.1 Å². The second kappa shape index (κ2) is 4.31. The number of pyridine rings is 1. The van der Waals surface area contributed by atoms with Crippen molar-refractivity contribution in [2.75, 3.05) is 0 Å². The number of aromatic nitrogens is 1. The van der Waals surface area contributed by atoms with Crippen LogP contribution >= 0.6 is 0 Å². The molecule has 0 amide bonds. The molecule has 0 aliphatic rings. The highest BCUT2D eigenvalue weighted by Crippen LogP contribution is 2.39. The van der Waals surface area contributed by atoms with Gasteiger partial charge in [-0.15, -0.1) is 0 Å². The minimum Gasteiger partial charge on any atom is -0.455 e. The lowest BCUT2D eigenvalue weighted by Gasteiger charge is -2.04. The molecule has 0 radical (unpaired) electrons. The summed E-state index contributed by atoms with van der Waals surface area (Å²) in [6, 6.07) is 19.9. The number of benzene rings is 3. The van der Waals surface area contributed by atoms with Crippen molar-refractivity contribution < 1.29 is 4.42 Å². The Bertz CT molecular complexity index is 1280. The summed E-state index contributed by atoms with van der Waals surface area (Å²) in [7, 11) is 0. The Labute approximate surface area is 131 Å². The van der Waals surface area contributed by atoms with E-state index >= 15 is 0 Å². The molecule has 0 unspecified atom stereocenters. The fourth-order valence-electron chi connectivity index (χ4n) is 3.33. The second-order valence-electron chi connectivity index (χ2n) is 5.57. The average molecular weight is 294 g/mol. The normalized spacial score (nSPS) is 11.4. The van der Waals surface area contributed by atoms with Crippen molar-refractivity contribution in [1.82, 2.24) is 4.98 Å². The minimum absolute atomic E-state index is 0.630. The molecule has 106 valence electrons. The van der Waals surface area contributed by atoms with Crippen LogP contribution in [-0.4, -0.2) is 4.98 Å². The quantitative estimate of drug-likeness (QED) is 0.371. The van der Waals surface area contributed by atoms with Gasteiger partial charge >= 0.3 is 0 Å². The van der Waals surface area contributed by atoms with E-state index < -0.39 is 0 Å². The summed E-state index contributed by atoms with van der Waals surface area (Å²) in [6.07, 6.45) is 1.81.